The van der Waals surface area contributed by atoms with Gasteiger partial charge in [-0.2, -0.15) is 0 Å². The highest BCUT2D eigenvalue weighted by atomic mass is 127. The molecular weight excluding hydrogens is 431 g/mol. The summed E-state index contributed by atoms with van der Waals surface area (Å²) < 4.78 is 0. The molecule has 24 heavy (non-hydrogen) atoms. The minimum Gasteiger partial charge on any atom is -0.356 e. The predicted molar refractivity (Wildman–Crippen MR) is 114 cm³/mol. The summed E-state index contributed by atoms with van der Waals surface area (Å²) in [5.74, 6) is 1.07. The summed E-state index contributed by atoms with van der Waals surface area (Å²) in [7, 11) is 1.90. The standard InChI is InChI=1S/C18H30N4S.HI/c1-17(2,3)14-12-23-15(21-14)6-10-20-16(19-4)22-11-9-18(13-22)7-5-8-18;/h12H,5-11,13H2,1-4H3,(H,19,20);1H. The van der Waals surface area contributed by atoms with Crippen molar-refractivity contribution in [2.24, 2.45) is 10.4 Å². The second-order valence-electron chi connectivity index (χ2n) is 8.13. The lowest BCUT2D eigenvalue weighted by molar-refractivity contribution is 0.151. The van der Waals surface area contributed by atoms with Gasteiger partial charge in [-0.1, -0.05) is 27.2 Å². The average Bonchev–Trinajstić information content (AvgIpc) is 3.09. The number of aliphatic imine (C=N–C) groups is 1. The topological polar surface area (TPSA) is 40.5 Å². The number of nitrogens with one attached hydrogen (secondary N) is 1. The van der Waals surface area contributed by atoms with Gasteiger partial charge in [0, 0.05) is 43.9 Å². The second kappa shape index (κ2) is 7.89. The molecule has 2 fully saturated rings. The number of hydrogen-bond acceptors (Lipinski definition) is 3. The van der Waals surface area contributed by atoms with Gasteiger partial charge in [-0.3, -0.25) is 4.99 Å². The van der Waals surface area contributed by atoms with Crippen molar-refractivity contribution in [2.45, 2.75) is 58.3 Å². The summed E-state index contributed by atoms with van der Waals surface area (Å²) in [4.78, 5) is 11.7. The molecule has 1 aromatic rings. The van der Waals surface area contributed by atoms with E-state index in [1.807, 2.05) is 7.05 Å². The van der Waals surface area contributed by atoms with E-state index in [2.05, 4.69) is 41.4 Å². The van der Waals surface area contributed by atoms with Gasteiger partial charge >= 0.3 is 0 Å². The summed E-state index contributed by atoms with van der Waals surface area (Å²) in [6, 6.07) is 0. The van der Waals surface area contributed by atoms with E-state index < -0.39 is 0 Å². The quantitative estimate of drug-likeness (QED) is 0.419. The van der Waals surface area contributed by atoms with E-state index in [0.717, 1.165) is 25.5 Å². The zero-order chi connectivity index (χ0) is 16.5. The van der Waals surface area contributed by atoms with Gasteiger partial charge in [0.15, 0.2) is 5.96 Å². The molecule has 1 aliphatic heterocycles. The van der Waals surface area contributed by atoms with Crippen LogP contribution in [0.4, 0.5) is 0 Å². The van der Waals surface area contributed by atoms with Crippen molar-refractivity contribution in [2.75, 3.05) is 26.7 Å². The highest BCUT2D eigenvalue weighted by molar-refractivity contribution is 14.0. The van der Waals surface area contributed by atoms with Crippen molar-refractivity contribution in [3.63, 3.8) is 0 Å². The van der Waals surface area contributed by atoms with Gasteiger partial charge in [0.2, 0.25) is 0 Å². The number of hydrogen-bond donors (Lipinski definition) is 1. The predicted octanol–water partition coefficient (Wildman–Crippen LogP) is 4.05. The number of likely N-dealkylation sites (tertiary alicyclic amines) is 1. The van der Waals surface area contributed by atoms with Gasteiger partial charge in [-0.25, -0.2) is 4.98 Å². The summed E-state index contributed by atoms with van der Waals surface area (Å²) in [5, 5.41) is 6.95. The molecule has 1 N–H and O–H groups in total. The Balaban J connectivity index is 0.00000208. The van der Waals surface area contributed by atoms with Crippen LogP contribution in [-0.4, -0.2) is 42.5 Å². The molecular formula is C18H31IN4S. The Labute approximate surface area is 167 Å². The van der Waals surface area contributed by atoms with Crippen LogP contribution in [0.25, 0.3) is 0 Å². The van der Waals surface area contributed by atoms with Crippen LogP contribution >= 0.6 is 35.3 Å². The van der Waals surface area contributed by atoms with Gasteiger partial charge < -0.3 is 10.2 Å². The van der Waals surface area contributed by atoms with Crippen molar-refractivity contribution in [3.05, 3.63) is 16.1 Å². The largest absolute Gasteiger partial charge is 0.356 e. The molecule has 0 aromatic carbocycles. The van der Waals surface area contributed by atoms with E-state index in [-0.39, 0.29) is 29.4 Å². The van der Waals surface area contributed by atoms with Crippen molar-refractivity contribution in [1.82, 2.24) is 15.2 Å². The summed E-state index contributed by atoms with van der Waals surface area (Å²) in [5.41, 5.74) is 1.97. The van der Waals surface area contributed by atoms with Gasteiger partial charge in [0.25, 0.3) is 0 Å². The van der Waals surface area contributed by atoms with Crippen molar-refractivity contribution >= 4 is 41.3 Å². The summed E-state index contributed by atoms with van der Waals surface area (Å²) >= 11 is 1.78. The third-order valence-corrected chi connectivity index (χ3v) is 6.21. The van der Waals surface area contributed by atoms with E-state index in [4.69, 9.17) is 4.98 Å². The second-order valence-corrected chi connectivity index (χ2v) is 9.07. The Hall–Kier alpha value is -0.370. The molecule has 0 bridgehead atoms. The highest BCUT2D eigenvalue weighted by Crippen LogP contribution is 2.47. The maximum Gasteiger partial charge on any atom is 0.193 e. The van der Waals surface area contributed by atoms with Crippen LogP contribution in [0.5, 0.6) is 0 Å². The fourth-order valence-corrected chi connectivity index (χ4v) is 4.61. The zero-order valence-corrected chi connectivity index (χ0v) is 18.5. The van der Waals surface area contributed by atoms with Crippen LogP contribution in [0.3, 0.4) is 0 Å². The van der Waals surface area contributed by atoms with Gasteiger partial charge in [0.05, 0.1) is 10.7 Å². The lowest BCUT2D eigenvalue weighted by Gasteiger charge is -2.38. The fourth-order valence-electron chi connectivity index (χ4n) is 3.58. The van der Waals surface area contributed by atoms with Crippen LogP contribution < -0.4 is 5.32 Å². The molecule has 1 saturated heterocycles. The summed E-state index contributed by atoms with van der Waals surface area (Å²) in [6.45, 7) is 9.91. The first-order chi connectivity index (χ1) is 10.9. The van der Waals surface area contributed by atoms with E-state index in [1.54, 1.807) is 11.3 Å². The Morgan fingerprint density at radius 2 is 2.12 bits per heavy atom. The van der Waals surface area contributed by atoms with E-state index in [0.29, 0.717) is 5.41 Å². The van der Waals surface area contributed by atoms with Crippen molar-refractivity contribution < 1.29 is 0 Å². The number of nitrogens with zero attached hydrogens (tertiary/aromatic N) is 3. The number of rotatable bonds is 3. The monoisotopic (exact) mass is 462 g/mol. The SMILES string of the molecule is CN=C(NCCc1nc(C(C)(C)C)cs1)N1CCC2(CCC2)C1.I. The first kappa shape index (κ1) is 19.9. The maximum atomic E-state index is 4.77. The normalized spacial score (nSPS) is 20.0. The van der Waals surface area contributed by atoms with Crippen LogP contribution in [0.1, 0.15) is 57.2 Å². The average molecular weight is 462 g/mol. The molecule has 1 saturated carbocycles. The molecule has 2 heterocycles. The first-order valence-corrected chi connectivity index (χ1v) is 9.70. The van der Waals surface area contributed by atoms with Crippen molar-refractivity contribution in [3.8, 4) is 0 Å². The van der Waals surface area contributed by atoms with Gasteiger partial charge in [-0.05, 0) is 24.7 Å². The molecule has 1 aliphatic carbocycles. The number of aromatic nitrogens is 1. The molecule has 3 rings (SSSR count). The van der Waals surface area contributed by atoms with Crippen LogP contribution in [0.15, 0.2) is 10.4 Å². The van der Waals surface area contributed by atoms with E-state index in [9.17, 15) is 0 Å². The third-order valence-electron chi connectivity index (χ3n) is 5.31. The lowest BCUT2D eigenvalue weighted by Crippen LogP contribution is -2.43. The fraction of sp³-hybridized carbons (Fsp3) is 0.778. The molecule has 1 aromatic heterocycles. The molecule has 136 valence electrons. The third kappa shape index (κ3) is 4.42. The number of halogens is 1. The minimum absolute atomic E-state index is 0. The molecule has 6 heteroatoms. The highest BCUT2D eigenvalue weighted by Gasteiger charge is 2.43. The van der Waals surface area contributed by atoms with E-state index >= 15 is 0 Å². The maximum absolute atomic E-state index is 4.77. The number of guanidine groups is 1. The Morgan fingerprint density at radius 3 is 2.62 bits per heavy atom. The van der Waals surface area contributed by atoms with Gasteiger partial charge in [-0.15, -0.1) is 35.3 Å². The lowest BCUT2D eigenvalue weighted by atomic mass is 9.68. The van der Waals surface area contributed by atoms with Crippen LogP contribution in [0, 0.1) is 5.41 Å². The van der Waals surface area contributed by atoms with Crippen LogP contribution in [0.2, 0.25) is 0 Å². The van der Waals surface area contributed by atoms with Crippen molar-refractivity contribution in [1.29, 1.82) is 0 Å². The molecule has 0 atom stereocenters. The first-order valence-electron chi connectivity index (χ1n) is 8.82. The number of thiazole rings is 1. The Bertz CT molecular complexity index is 572. The smallest absolute Gasteiger partial charge is 0.193 e. The van der Waals surface area contributed by atoms with Gasteiger partial charge in [0.1, 0.15) is 0 Å². The summed E-state index contributed by atoms with van der Waals surface area (Å²) in [6.07, 6.45) is 6.55. The molecule has 0 radical (unpaired) electrons. The Kier molecular flexibility index (Phi) is 6.56. The molecule has 2 aliphatic rings. The van der Waals surface area contributed by atoms with Crippen LogP contribution in [-0.2, 0) is 11.8 Å². The zero-order valence-electron chi connectivity index (χ0n) is 15.4. The molecule has 1 spiro atoms. The molecule has 4 nitrogen and oxygen atoms in total. The van der Waals surface area contributed by atoms with E-state index in [1.165, 1.54) is 42.9 Å². The minimum atomic E-state index is 0. The molecule has 0 amide bonds. The molecule has 0 unspecified atom stereocenters. The Morgan fingerprint density at radius 1 is 1.38 bits per heavy atom.